The minimum absolute atomic E-state index is 0.0886. The highest BCUT2D eigenvalue weighted by Crippen LogP contribution is 2.32. The zero-order chi connectivity index (χ0) is 19.3. The Kier molecular flexibility index (Phi) is 6.66. The van der Waals surface area contributed by atoms with E-state index in [0.717, 1.165) is 0 Å². The summed E-state index contributed by atoms with van der Waals surface area (Å²) < 4.78 is 38.2. The first-order chi connectivity index (χ1) is 12.4. The molecule has 6 nitrogen and oxygen atoms in total. The molecular formula is C18H20BrNO5S. The summed E-state index contributed by atoms with van der Waals surface area (Å²) in [5.41, 5.74) is 0.479. The van der Waals surface area contributed by atoms with Crippen LogP contribution in [0.5, 0.6) is 5.75 Å². The maximum absolute atomic E-state index is 13.2. The van der Waals surface area contributed by atoms with E-state index >= 15 is 0 Å². The van der Waals surface area contributed by atoms with E-state index in [0.29, 0.717) is 10.2 Å². The SMILES string of the molecule is CCOC(=O)c1ccccc1N(CC)S(=O)(=O)c1ccc(OC)c(Br)c1. The minimum Gasteiger partial charge on any atom is -0.496 e. The molecule has 0 saturated heterocycles. The number of methoxy groups -OCH3 is 1. The van der Waals surface area contributed by atoms with Crippen molar-refractivity contribution in [2.24, 2.45) is 0 Å². The van der Waals surface area contributed by atoms with E-state index in [1.165, 1.54) is 23.5 Å². The van der Waals surface area contributed by atoms with Crippen molar-refractivity contribution in [2.75, 3.05) is 24.6 Å². The van der Waals surface area contributed by atoms with Gasteiger partial charge in [0.2, 0.25) is 0 Å². The van der Waals surface area contributed by atoms with Gasteiger partial charge in [-0.15, -0.1) is 0 Å². The van der Waals surface area contributed by atoms with Crippen LogP contribution in [0.1, 0.15) is 24.2 Å². The highest BCUT2D eigenvalue weighted by Gasteiger charge is 2.28. The summed E-state index contributed by atoms with van der Waals surface area (Å²) in [5.74, 6) is -0.0356. The highest BCUT2D eigenvalue weighted by atomic mass is 79.9. The highest BCUT2D eigenvalue weighted by molar-refractivity contribution is 9.10. The lowest BCUT2D eigenvalue weighted by molar-refractivity contribution is 0.0527. The summed E-state index contributed by atoms with van der Waals surface area (Å²) in [7, 11) is -2.38. The fraction of sp³-hybridized carbons (Fsp3) is 0.278. The van der Waals surface area contributed by atoms with Crippen molar-refractivity contribution < 1.29 is 22.7 Å². The predicted molar refractivity (Wildman–Crippen MR) is 103 cm³/mol. The summed E-state index contributed by atoms with van der Waals surface area (Å²) in [6.45, 7) is 3.77. The number of nitrogens with zero attached hydrogens (tertiary/aromatic N) is 1. The normalized spacial score (nSPS) is 11.1. The lowest BCUT2D eigenvalue weighted by Gasteiger charge is -2.25. The fourth-order valence-electron chi connectivity index (χ4n) is 2.48. The fourth-order valence-corrected chi connectivity index (χ4v) is 4.69. The van der Waals surface area contributed by atoms with Crippen LogP contribution in [0.25, 0.3) is 0 Å². The van der Waals surface area contributed by atoms with E-state index in [4.69, 9.17) is 9.47 Å². The van der Waals surface area contributed by atoms with Gasteiger partial charge in [0.25, 0.3) is 10.0 Å². The Morgan fingerprint density at radius 2 is 1.85 bits per heavy atom. The molecule has 0 N–H and O–H groups in total. The van der Waals surface area contributed by atoms with Crippen LogP contribution in [-0.4, -0.2) is 34.6 Å². The van der Waals surface area contributed by atoms with Gasteiger partial charge in [-0.05, 0) is 60.1 Å². The first kappa shape index (κ1) is 20.3. The molecule has 2 aromatic rings. The zero-order valence-electron chi connectivity index (χ0n) is 14.7. The molecule has 2 aromatic carbocycles. The molecule has 0 fully saturated rings. The van der Waals surface area contributed by atoms with Crippen LogP contribution in [-0.2, 0) is 14.8 Å². The van der Waals surface area contributed by atoms with E-state index in [2.05, 4.69) is 15.9 Å². The number of sulfonamides is 1. The van der Waals surface area contributed by atoms with Crippen LogP contribution in [0, 0.1) is 0 Å². The Bertz CT molecular complexity index is 898. The molecule has 26 heavy (non-hydrogen) atoms. The summed E-state index contributed by atoms with van der Waals surface area (Å²) in [6.07, 6.45) is 0. The van der Waals surface area contributed by atoms with Gasteiger partial charge in [-0.1, -0.05) is 12.1 Å². The quantitative estimate of drug-likeness (QED) is 0.610. The van der Waals surface area contributed by atoms with E-state index in [1.807, 2.05) is 0 Å². The first-order valence-electron chi connectivity index (χ1n) is 7.99. The van der Waals surface area contributed by atoms with Crippen molar-refractivity contribution in [2.45, 2.75) is 18.7 Å². The van der Waals surface area contributed by atoms with Gasteiger partial charge < -0.3 is 9.47 Å². The van der Waals surface area contributed by atoms with Crippen LogP contribution in [0.3, 0.4) is 0 Å². The molecule has 0 spiro atoms. The van der Waals surface area contributed by atoms with Crippen molar-refractivity contribution >= 4 is 37.6 Å². The molecular weight excluding hydrogens is 422 g/mol. The number of ether oxygens (including phenoxy) is 2. The van der Waals surface area contributed by atoms with Crippen molar-refractivity contribution in [3.05, 3.63) is 52.5 Å². The maximum atomic E-state index is 13.2. The largest absolute Gasteiger partial charge is 0.496 e. The molecule has 0 aliphatic carbocycles. The third-order valence-electron chi connectivity index (χ3n) is 3.67. The predicted octanol–water partition coefficient (Wildman–Crippen LogP) is 3.85. The molecule has 0 saturated carbocycles. The topological polar surface area (TPSA) is 72.9 Å². The Hall–Kier alpha value is -2.06. The number of benzene rings is 2. The Labute approximate surface area is 161 Å². The molecule has 8 heteroatoms. The number of carbonyl (C=O) groups excluding carboxylic acids is 1. The van der Waals surface area contributed by atoms with Crippen LogP contribution < -0.4 is 9.04 Å². The van der Waals surface area contributed by atoms with Crippen molar-refractivity contribution in [3.8, 4) is 5.75 Å². The lowest BCUT2D eigenvalue weighted by Crippen LogP contribution is -2.32. The molecule has 0 radical (unpaired) electrons. The van der Waals surface area contributed by atoms with Gasteiger partial charge in [0.1, 0.15) is 5.75 Å². The van der Waals surface area contributed by atoms with Gasteiger partial charge in [-0.3, -0.25) is 4.31 Å². The van der Waals surface area contributed by atoms with Crippen molar-refractivity contribution in [1.29, 1.82) is 0 Å². The zero-order valence-corrected chi connectivity index (χ0v) is 17.1. The smallest absolute Gasteiger partial charge is 0.340 e. The van der Waals surface area contributed by atoms with Gasteiger partial charge in [0.15, 0.2) is 0 Å². The molecule has 0 atom stereocenters. The number of anilines is 1. The molecule has 0 bridgehead atoms. The van der Waals surface area contributed by atoms with Gasteiger partial charge in [0.05, 0.1) is 34.3 Å². The summed E-state index contributed by atoms with van der Waals surface area (Å²) >= 11 is 3.30. The molecule has 0 unspecified atom stereocenters. The summed E-state index contributed by atoms with van der Waals surface area (Å²) in [5, 5.41) is 0. The van der Waals surface area contributed by atoms with Gasteiger partial charge in [-0.25, -0.2) is 13.2 Å². The molecule has 0 aliphatic heterocycles. The number of esters is 1. The average molecular weight is 442 g/mol. The third kappa shape index (κ3) is 4.02. The number of halogens is 1. The molecule has 2 rings (SSSR count). The summed E-state index contributed by atoms with van der Waals surface area (Å²) in [4.78, 5) is 12.3. The Morgan fingerprint density at radius 1 is 1.15 bits per heavy atom. The Balaban J connectivity index is 2.54. The first-order valence-corrected chi connectivity index (χ1v) is 10.2. The second-order valence-electron chi connectivity index (χ2n) is 5.20. The monoisotopic (exact) mass is 441 g/mol. The van der Waals surface area contributed by atoms with E-state index in [1.54, 1.807) is 44.2 Å². The van der Waals surface area contributed by atoms with E-state index in [9.17, 15) is 13.2 Å². The van der Waals surface area contributed by atoms with Gasteiger partial charge >= 0.3 is 5.97 Å². The maximum Gasteiger partial charge on any atom is 0.340 e. The van der Waals surface area contributed by atoms with Crippen LogP contribution >= 0.6 is 15.9 Å². The van der Waals surface area contributed by atoms with Crippen LogP contribution in [0.15, 0.2) is 51.8 Å². The molecule has 0 heterocycles. The molecule has 140 valence electrons. The molecule has 0 aliphatic rings. The average Bonchev–Trinajstić information content (AvgIpc) is 2.62. The van der Waals surface area contributed by atoms with Crippen LogP contribution in [0.2, 0.25) is 0 Å². The number of hydrogen-bond acceptors (Lipinski definition) is 5. The number of rotatable bonds is 7. The second kappa shape index (κ2) is 8.55. The Morgan fingerprint density at radius 3 is 2.42 bits per heavy atom. The van der Waals surface area contributed by atoms with E-state index in [-0.39, 0.29) is 29.3 Å². The standard InChI is InChI=1S/C18H20BrNO5S/c1-4-20(16-9-7-6-8-14(16)18(21)25-5-2)26(22,23)13-10-11-17(24-3)15(19)12-13/h6-12H,4-5H2,1-3H3. The van der Waals surface area contributed by atoms with Gasteiger partial charge in [-0.2, -0.15) is 0 Å². The number of para-hydroxylation sites is 1. The van der Waals surface area contributed by atoms with Crippen molar-refractivity contribution in [3.63, 3.8) is 0 Å². The molecule has 0 amide bonds. The molecule has 0 aromatic heterocycles. The number of carbonyl (C=O) groups is 1. The van der Waals surface area contributed by atoms with Crippen LogP contribution in [0.4, 0.5) is 5.69 Å². The number of hydrogen-bond donors (Lipinski definition) is 0. The van der Waals surface area contributed by atoms with E-state index < -0.39 is 16.0 Å². The van der Waals surface area contributed by atoms with Gasteiger partial charge in [0, 0.05) is 6.54 Å². The van der Waals surface area contributed by atoms with Crippen molar-refractivity contribution in [1.82, 2.24) is 0 Å². The second-order valence-corrected chi connectivity index (χ2v) is 7.92. The minimum atomic E-state index is -3.88. The lowest BCUT2D eigenvalue weighted by atomic mass is 10.2. The summed E-state index contributed by atoms with van der Waals surface area (Å²) in [6, 6.07) is 11.0. The third-order valence-corrected chi connectivity index (χ3v) is 6.17.